The van der Waals surface area contributed by atoms with Gasteiger partial charge in [-0.05, 0) is 11.6 Å². The third-order valence-electron chi connectivity index (χ3n) is 4.26. The van der Waals surface area contributed by atoms with E-state index in [0.29, 0.717) is 6.54 Å². The summed E-state index contributed by atoms with van der Waals surface area (Å²) in [6.07, 6.45) is 3.45. The molecule has 1 fully saturated rings. The highest BCUT2D eigenvalue weighted by Gasteiger charge is 2.24. The second-order valence-corrected chi connectivity index (χ2v) is 6.18. The summed E-state index contributed by atoms with van der Waals surface area (Å²) in [5.41, 5.74) is 0.986. The number of rotatable bonds is 5. The quantitative estimate of drug-likeness (QED) is 0.654. The van der Waals surface area contributed by atoms with E-state index in [1.54, 1.807) is 18.5 Å². The number of nitrogens with zero attached hydrogens (tertiary/aromatic N) is 3. The molecule has 0 atom stereocenters. The molecule has 0 unspecified atom stereocenters. The molecule has 8 heteroatoms. The molecule has 3 rings (SSSR count). The van der Waals surface area contributed by atoms with E-state index < -0.39 is 6.03 Å². The highest BCUT2D eigenvalue weighted by molar-refractivity contribution is 5.94. The first-order valence-corrected chi connectivity index (χ1v) is 8.68. The van der Waals surface area contributed by atoms with Crippen LogP contribution in [0.1, 0.15) is 5.56 Å². The van der Waals surface area contributed by atoms with Crippen LogP contribution in [-0.4, -0.2) is 54.6 Å². The van der Waals surface area contributed by atoms with Crippen LogP contribution in [-0.2, 0) is 11.3 Å². The van der Waals surface area contributed by atoms with Crippen molar-refractivity contribution in [2.75, 3.05) is 37.6 Å². The second kappa shape index (κ2) is 8.91. The monoisotopic (exact) mass is 355 g/mol. The number of hydrogen-bond donors (Lipinski definition) is 3. The number of amides is 3. The Balaban J connectivity index is 1.37. The van der Waals surface area contributed by atoms with Gasteiger partial charge in [-0.1, -0.05) is 30.3 Å². The summed E-state index contributed by atoms with van der Waals surface area (Å²) in [6.45, 7) is 3.85. The van der Waals surface area contributed by atoms with E-state index in [-0.39, 0.29) is 12.5 Å². The van der Waals surface area contributed by atoms with Crippen molar-refractivity contribution in [3.05, 3.63) is 54.4 Å². The van der Waals surface area contributed by atoms with Gasteiger partial charge in [0.05, 0.1) is 26.2 Å². The summed E-state index contributed by atoms with van der Waals surface area (Å²) in [7, 11) is 0. The lowest BCUT2D eigenvalue weighted by atomic mass is 10.2. The van der Waals surface area contributed by atoms with Crippen LogP contribution in [0, 0.1) is 0 Å². The Morgan fingerprint density at radius 3 is 2.42 bits per heavy atom. The van der Waals surface area contributed by atoms with Gasteiger partial charge in [0.1, 0.15) is 0 Å². The molecule has 0 spiro atoms. The Bertz CT molecular complexity index is 717. The van der Waals surface area contributed by atoms with Crippen LogP contribution in [0.5, 0.6) is 0 Å². The third kappa shape index (κ3) is 5.25. The molecule has 3 N–H and O–H groups in total. The van der Waals surface area contributed by atoms with Gasteiger partial charge in [0.25, 0.3) is 5.91 Å². The third-order valence-corrected chi connectivity index (χ3v) is 4.26. The van der Waals surface area contributed by atoms with Gasteiger partial charge < -0.3 is 15.1 Å². The molecular formula is C18H23N6O2+. The van der Waals surface area contributed by atoms with Crippen molar-refractivity contribution >= 4 is 17.9 Å². The Kier molecular flexibility index (Phi) is 6.10. The topological polar surface area (TPSA) is 91.7 Å². The van der Waals surface area contributed by atoms with Gasteiger partial charge in [-0.25, -0.2) is 14.8 Å². The van der Waals surface area contributed by atoms with Gasteiger partial charge in [0, 0.05) is 18.9 Å². The molecule has 0 aliphatic carbocycles. The first kappa shape index (κ1) is 17.8. The largest absolute Gasteiger partial charge is 0.334 e. The molecule has 0 radical (unpaired) electrons. The van der Waals surface area contributed by atoms with Gasteiger partial charge in [-0.15, -0.1) is 0 Å². The van der Waals surface area contributed by atoms with E-state index in [1.165, 1.54) is 0 Å². The van der Waals surface area contributed by atoms with Crippen molar-refractivity contribution < 1.29 is 14.5 Å². The normalized spacial score (nSPS) is 14.7. The highest BCUT2D eigenvalue weighted by Crippen LogP contribution is 2.03. The smallest absolute Gasteiger partial charge is 0.321 e. The van der Waals surface area contributed by atoms with E-state index >= 15 is 0 Å². The molecule has 2 heterocycles. The number of quaternary nitrogens is 1. The first-order chi connectivity index (χ1) is 12.7. The first-order valence-electron chi connectivity index (χ1n) is 8.68. The summed E-state index contributed by atoms with van der Waals surface area (Å²) >= 11 is 0. The fraction of sp³-hybridized carbons (Fsp3) is 0.333. The number of carbonyl (C=O) groups is 2. The summed E-state index contributed by atoms with van der Waals surface area (Å²) < 4.78 is 0. The molecule has 0 bridgehead atoms. The molecule has 1 aliphatic heterocycles. The maximum atomic E-state index is 12.1. The lowest BCUT2D eigenvalue weighted by Crippen LogP contribution is -3.16. The summed E-state index contributed by atoms with van der Waals surface area (Å²) in [5.74, 6) is 0.450. The molecule has 1 aliphatic rings. The predicted octanol–water partition coefficient (Wildman–Crippen LogP) is -0.792. The molecule has 1 aromatic heterocycles. The lowest BCUT2D eigenvalue weighted by molar-refractivity contribution is -0.892. The second-order valence-electron chi connectivity index (χ2n) is 6.18. The number of anilines is 1. The number of hydrogen-bond acceptors (Lipinski definition) is 5. The Labute approximate surface area is 152 Å². The summed E-state index contributed by atoms with van der Waals surface area (Å²) in [5, 5.41) is 5.08. The molecule has 26 heavy (non-hydrogen) atoms. The van der Waals surface area contributed by atoms with Crippen LogP contribution in [0.15, 0.2) is 48.8 Å². The number of carbonyl (C=O) groups excluding carboxylic acids is 2. The van der Waals surface area contributed by atoms with Crippen molar-refractivity contribution in [1.29, 1.82) is 0 Å². The van der Waals surface area contributed by atoms with Crippen LogP contribution in [0.3, 0.4) is 0 Å². The summed E-state index contributed by atoms with van der Waals surface area (Å²) in [4.78, 5) is 35.6. The minimum Gasteiger partial charge on any atom is -0.334 e. The van der Waals surface area contributed by atoms with Gasteiger partial charge in [0.15, 0.2) is 6.54 Å². The average molecular weight is 355 g/mol. The van der Waals surface area contributed by atoms with E-state index in [9.17, 15) is 9.59 Å². The van der Waals surface area contributed by atoms with Gasteiger partial charge in [-0.3, -0.25) is 10.1 Å². The summed E-state index contributed by atoms with van der Waals surface area (Å²) in [6, 6.07) is 10.9. The zero-order valence-electron chi connectivity index (χ0n) is 14.5. The lowest BCUT2D eigenvalue weighted by Gasteiger charge is -2.31. The SMILES string of the molecule is O=C(C[NH+]1CCN(c2ncccn2)CC1)NC(=O)NCc1ccccc1. The van der Waals surface area contributed by atoms with E-state index in [2.05, 4.69) is 25.5 Å². The molecular weight excluding hydrogens is 332 g/mol. The van der Waals surface area contributed by atoms with Crippen molar-refractivity contribution in [2.45, 2.75) is 6.54 Å². The Morgan fingerprint density at radius 2 is 1.73 bits per heavy atom. The molecule has 3 amide bonds. The zero-order chi connectivity index (χ0) is 18.2. The zero-order valence-corrected chi connectivity index (χ0v) is 14.5. The maximum absolute atomic E-state index is 12.1. The molecule has 136 valence electrons. The standard InChI is InChI=1S/C18H22N6O2/c25-16(22-18(26)21-13-15-5-2-1-3-6-15)14-23-9-11-24(12-10-23)17-19-7-4-8-20-17/h1-8H,9-14H2,(H2,21,22,25,26)/p+1. The van der Waals surface area contributed by atoms with Crippen molar-refractivity contribution in [1.82, 2.24) is 20.6 Å². The fourth-order valence-electron chi connectivity index (χ4n) is 2.87. The predicted molar refractivity (Wildman–Crippen MR) is 96.6 cm³/mol. The van der Waals surface area contributed by atoms with Crippen molar-refractivity contribution in [2.24, 2.45) is 0 Å². The van der Waals surface area contributed by atoms with Crippen LogP contribution >= 0.6 is 0 Å². The van der Waals surface area contributed by atoms with Crippen molar-refractivity contribution in [3.63, 3.8) is 0 Å². The molecule has 1 saturated heterocycles. The van der Waals surface area contributed by atoms with E-state index in [4.69, 9.17) is 0 Å². The van der Waals surface area contributed by atoms with Crippen LogP contribution in [0.4, 0.5) is 10.7 Å². The Hall–Kier alpha value is -3.00. The fourth-order valence-corrected chi connectivity index (χ4v) is 2.87. The molecule has 8 nitrogen and oxygen atoms in total. The number of aromatic nitrogens is 2. The molecule has 2 aromatic rings. The molecule has 1 aromatic carbocycles. The molecule has 0 saturated carbocycles. The van der Waals surface area contributed by atoms with Crippen LogP contribution in [0.25, 0.3) is 0 Å². The number of piperazine rings is 1. The van der Waals surface area contributed by atoms with Crippen molar-refractivity contribution in [3.8, 4) is 0 Å². The number of benzene rings is 1. The van der Waals surface area contributed by atoms with E-state index in [1.807, 2.05) is 30.3 Å². The minimum absolute atomic E-state index is 0.269. The minimum atomic E-state index is -0.463. The van der Waals surface area contributed by atoms with E-state index in [0.717, 1.165) is 42.6 Å². The van der Waals surface area contributed by atoms with Crippen LogP contribution < -0.4 is 20.4 Å². The number of imide groups is 1. The maximum Gasteiger partial charge on any atom is 0.321 e. The Morgan fingerprint density at radius 1 is 1.04 bits per heavy atom. The van der Waals surface area contributed by atoms with Crippen LogP contribution in [0.2, 0.25) is 0 Å². The van der Waals surface area contributed by atoms with Gasteiger partial charge in [-0.2, -0.15) is 0 Å². The average Bonchev–Trinajstić information content (AvgIpc) is 2.68. The number of nitrogens with one attached hydrogen (secondary N) is 3. The van der Waals surface area contributed by atoms with Gasteiger partial charge in [0.2, 0.25) is 5.95 Å². The van der Waals surface area contributed by atoms with Gasteiger partial charge >= 0.3 is 6.03 Å². The highest BCUT2D eigenvalue weighted by atomic mass is 16.2. The number of urea groups is 1.